The molecule has 0 unspecified atom stereocenters. The zero-order chi connectivity index (χ0) is 12.8. The summed E-state index contributed by atoms with van der Waals surface area (Å²) in [6.07, 6.45) is 7.22. The van der Waals surface area contributed by atoms with Crippen molar-refractivity contribution < 1.29 is 5.11 Å². The van der Waals surface area contributed by atoms with E-state index in [1.807, 2.05) is 6.92 Å². The average Bonchev–Trinajstić information content (AvgIpc) is 2.82. The van der Waals surface area contributed by atoms with Gasteiger partial charge in [0.15, 0.2) is 0 Å². The lowest BCUT2D eigenvalue weighted by molar-refractivity contribution is 0.0816. The summed E-state index contributed by atoms with van der Waals surface area (Å²) in [7, 11) is 0. The summed E-state index contributed by atoms with van der Waals surface area (Å²) in [5.41, 5.74) is 1.27. The molecule has 3 nitrogen and oxygen atoms in total. The van der Waals surface area contributed by atoms with Crippen molar-refractivity contribution in [2.45, 2.75) is 45.4 Å². The van der Waals surface area contributed by atoms with Crippen LogP contribution in [-0.2, 0) is 6.42 Å². The molecule has 0 radical (unpaired) electrons. The summed E-state index contributed by atoms with van der Waals surface area (Å²) in [4.78, 5) is 4.46. The predicted octanol–water partition coefficient (Wildman–Crippen LogP) is 2.53. The minimum atomic E-state index is 0.150. The van der Waals surface area contributed by atoms with E-state index in [0.717, 1.165) is 25.2 Å². The van der Waals surface area contributed by atoms with E-state index in [4.69, 9.17) is 0 Å². The lowest BCUT2D eigenvalue weighted by Gasteiger charge is -2.35. The third-order valence-corrected chi connectivity index (χ3v) is 4.96. The first kappa shape index (κ1) is 14.0. The van der Waals surface area contributed by atoms with Crippen LogP contribution in [0.1, 0.15) is 42.8 Å². The first-order chi connectivity index (χ1) is 8.74. The Hall–Kier alpha value is -0.450. The highest BCUT2D eigenvalue weighted by Crippen LogP contribution is 2.35. The molecule has 1 fully saturated rings. The van der Waals surface area contributed by atoms with Crippen molar-refractivity contribution in [3.63, 3.8) is 0 Å². The second kappa shape index (κ2) is 6.64. The van der Waals surface area contributed by atoms with Gasteiger partial charge in [-0.2, -0.15) is 0 Å². The molecule has 18 heavy (non-hydrogen) atoms. The van der Waals surface area contributed by atoms with E-state index in [0.29, 0.717) is 6.61 Å². The molecule has 2 N–H and O–H groups in total. The Labute approximate surface area is 114 Å². The van der Waals surface area contributed by atoms with Gasteiger partial charge >= 0.3 is 0 Å². The molecule has 0 atom stereocenters. The monoisotopic (exact) mass is 268 g/mol. The SMILES string of the molecule is Cc1csc(CCNCC2(CO)CCCCC2)n1. The molecule has 2 rings (SSSR count). The molecular weight excluding hydrogens is 244 g/mol. The topological polar surface area (TPSA) is 45.1 Å². The van der Waals surface area contributed by atoms with Gasteiger partial charge in [-0.3, -0.25) is 0 Å². The van der Waals surface area contributed by atoms with Crippen LogP contribution in [0.15, 0.2) is 5.38 Å². The van der Waals surface area contributed by atoms with E-state index in [-0.39, 0.29) is 5.41 Å². The third kappa shape index (κ3) is 3.77. The van der Waals surface area contributed by atoms with Gasteiger partial charge in [-0.25, -0.2) is 4.98 Å². The number of aromatic nitrogens is 1. The summed E-state index contributed by atoms with van der Waals surface area (Å²) in [5.74, 6) is 0. The van der Waals surface area contributed by atoms with Gasteiger partial charge in [0.05, 0.1) is 5.01 Å². The number of aliphatic hydroxyl groups is 1. The normalized spacial score (nSPS) is 19.0. The fourth-order valence-corrected chi connectivity index (χ4v) is 3.53. The van der Waals surface area contributed by atoms with Crippen LogP contribution in [0.25, 0.3) is 0 Å². The van der Waals surface area contributed by atoms with Crippen molar-refractivity contribution in [3.8, 4) is 0 Å². The van der Waals surface area contributed by atoms with Crippen LogP contribution in [0.3, 0.4) is 0 Å². The minimum Gasteiger partial charge on any atom is -0.396 e. The third-order valence-electron chi connectivity index (χ3n) is 3.93. The number of nitrogens with one attached hydrogen (secondary N) is 1. The smallest absolute Gasteiger partial charge is 0.0940 e. The first-order valence-corrected chi connectivity index (χ1v) is 7.85. The zero-order valence-corrected chi connectivity index (χ0v) is 12.1. The fourth-order valence-electron chi connectivity index (χ4n) is 2.76. The second-order valence-corrected chi connectivity index (χ2v) is 6.47. The molecule has 1 aliphatic rings. The highest BCUT2D eigenvalue weighted by atomic mass is 32.1. The number of rotatable bonds is 6. The Morgan fingerprint density at radius 3 is 2.78 bits per heavy atom. The van der Waals surface area contributed by atoms with Gasteiger partial charge in [0.25, 0.3) is 0 Å². The zero-order valence-electron chi connectivity index (χ0n) is 11.2. The first-order valence-electron chi connectivity index (χ1n) is 6.97. The summed E-state index contributed by atoms with van der Waals surface area (Å²) in [6.45, 7) is 4.29. The van der Waals surface area contributed by atoms with Gasteiger partial charge in [0.1, 0.15) is 0 Å². The summed E-state index contributed by atoms with van der Waals surface area (Å²) >= 11 is 1.74. The quantitative estimate of drug-likeness (QED) is 0.779. The van der Waals surface area contributed by atoms with Gasteiger partial charge in [-0.05, 0) is 19.8 Å². The highest BCUT2D eigenvalue weighted by Gasteiger charge is 2.30. The van der Waals surface area contributed by atoms with Crippen molar-refractivity contribution in [1.29, 1.82) is 0 Å². The fraction of sp³-hybridized carbons (Fsp3) is 0.786. The number of hydrogen-bond donors (Lipinski definition) is 2. The lowest BCUT2D eigenvalue weighted by Crippen LogP contribution is -2.39. The van der Waals surface area contributed by atoms with Crippen LogP contribution < -0.4 is 5.32 Å². The van der Waals surface area contributed by atoms with Crippen LogP contribution in [0.2, 0.25) is 0 Å². The summed E-state index contributed by atoms with van der Waals surface area (Å²) in [6, 6.07) is 0. The Kier molecular flexibility index (Phi) is 5.15. The lowest BCUT2D eigenvalue weighted by atomic mass is 9.74. The van der Waals surface area contributed by atoms with Gasteiger partial charge in [0, 0.05) is 42.6 Å². The van der Waals surface area contributed by atoms with Crippen molar-refractivity contribution >= 4 is 11.3 Å². The molecule has 1 heterocycles. The summed E-state index contributed by atoms with van der Waals surface area (Å²) in [5, 5.41) is 16.4. The Balaban J connectivity index is 1.70. The second-order valence-electron chi connectivity index (χ2n) is 5.53. The van der Waals surface area contributed by atoms with E-state index in [2.05, 4.69) is 15.7 Å². The average molecular weight is 268 g/mol. The van der Waals surface area contributed by atoms with Crippen molar-refractivity contribution in [2.75, 3.05) is 19.7 Å². The Morgan fingerprint density at radius 1 is 1.39 bits per heavy atom. The molecule has 1 saturated carbocycles. The Morgan fingerprint density at radius 2 is 2.17 bits per heavy atom. The molecule has 4 heteroatoms. The van der Waals surface area contributed by atoms with Crippen LogP contribution in [0, 0.1) is 12.3 Å². The van der Waals surface area contributed by atoms with Crippen LogP contribution >= 0.6 is 11.3 Å². The van der Waals surface area contributed by atoms with Crippen LogP contribution in [0.5, 0.6) is 0 Å². The predicted molar refractivity (Wildman–Crippen MR) is 76.0 cm³/mol. The van der Waals surface area contributed by atoms with E-state index in [1.165, 1.54) is 37.1 Å². The molecule has 0 saturated heterocycles. The number of thiazole rings is 1. The van der Waals surface area contributed by atoms with Gasteiger partial charge in [-0.15, -0.1) is 11.3 Å². The van der Waals surface area contributed by atoms with Gasteiger partial charge < -0.3 is 10.4 Å². The molecule has 1 aromatic heterocycles. The number of nitrogens with zero attached hydrogens (tertiary/aromatic N) is 1. The maximum Gasteiger partial charge on any atom is 0.0940 e. The maximum absolute atomic E-state index is 9.61. The van der Waals surface area contributed by atoms with Crippen molar-refractivity contribution in [3.05, 3.63) is 16.1 Å². The largest absolute Gasteiger partial charge is 0.396 e. The van der Waals surface area contributed by atoms with Crippen molar-refractivity contribution in [2.24, 2.45) is 5.41 Å². The minimum absolute atomic E-state index is 0.150. The van der Waals surface area contributed by atoms with E-state index in [9.17, 15) is 5.11 Å². The number of aliphatic hydroxyl groups excluding tert-OH is 1. The Bertz CT molecular complexity index is 358. The molecule has 0 aromatic carbocycles. The molecular formula is C14H24N2OS. The standard InChI is InChI=1S/C14H24N2OS/c1-12-9-18-13(16-12)5-8-15-10-14(11-17)6-3-2-4-7-14/h9,15,17H,2-8,10-11H2,1H3. The van der Waals surface area contributed by atoms with Crippen LogP contribution in [-0.4, -0.2) is 29.8 Å². The molecule has 102 valence electrons. The van der Waals surface area contributed by atoms with Gasteiger partial charge in [-0.1, -0.05) is 19.3 Å². The number of aryl methyl sites for hydroxylation is 1. The maximum atomic E-state index is 9.61. The van der Waals surface area contributed by atoms with E-state index >= 15 is 0 Å². The molecule has 1 aliphatic carbocycles. The molecule has 0 spiro atoms. The van der Waals surface area contributed by atoms with E-state index in [1.54, 1.807) is 11.3 Å². The number of hydrogen-bond acceptors (Lipinski definition) is 4. The summed E-state index contributed by atoms with van der Waals surface area (Å²) < 4.78 is 0. The van der Waals surface area contributed by atoms with E-state index < -0.39 is 0 Å². The molecule has 0 amide bonds. The highest BCUT2D eigenvalue weighted by molar-refractivity contribution is 7.09. The molecule has 1 aromatic rings. The van der Waals surface area contributed by atoms with Crippen molar-refractivity contribution in [1.82, 2.24) is 10.3 Å². The molecule has 0 bridgehead atoms. The van der Waals surface area contributed by atoms with Crippen LogP contribution in [0.4, 0.5) is 0 Å². The molecule has 0 aliphatic heterocycles. The van der Waals surface area contributed by atoms with Gasteiger partial charge in [0.2, 0.25) is 0 Å².